The lowest BCUT2D eigenvalue weighted by molar-refractivity contribution is -0.122. The van der Waals surface area contributed by atoms with Crippen LogP contribution in [0, 0.1) is 5.41 Å². The first-order valence-corrected chi connectivity index (χ1v) is 7.96. The number of nitrogens with two attached hydrogens (primary N) is 1. The van der Waals surface area contributed by atoms with E-state index in [2.05, 4.69) is 11.9 Å². The van der Waals surface area contributed by atoms with Crippen LogP contribution in [0.5, 0.6) is 0 Å². The van der Waals surface area contributed by atoms with Gasteiger partial charge in [0, 0.05) is 5.69 Å². The number of carbonyl (C=O) groups is 1. The molecule has 5 nitrogen and oxygen atoms in total. The largest absolute Gasteiger partial charge is 0.325 e. The summed E-state index contributed by atoms with van der Waals surface area (Å²) in [5.74, 6) is -0.439. The van der Waals surface area contributed by atoms with Crippen molar-refractivity contribution in [3.63, 3.8) is 0 Å². The Morgan fingerprint density at radius 2 is 2.15 bits per heavy atom. The summed E-state index contributed by atoms with van der Waals surface area (Å²) in [6, 6.07) is 6.62. The minimum atomic E-state index is -3.59. The lowest BCUT2D eigenvalue weighted by atomic mass is 9.86. The van der Waals surface area contributed by atoms with Crippen LogP contribution in [0.25, 0.3) is 0 Å². The van der Waals surface area contributed by atoms with Crippen LogP contribution in [0.15, 0.2) is 36.9 Å². The number of benzene rings is 1. The molecule has 0 saturated heterocycles. The molecule has 0 bridgehead atoms. The summed E-state index contributed by atoms with van der Waals surface area (Å²) < 4.78 is 22.1. The summed E-state index contributed by atoms with van der Waals surface area (Å²) in [6.45, 7) is 7.37. The molecule has 0 spiro atoms. The molecule has 0 fully saturated rings. The Morgan fingerprint density at radius 3 is 2.65 bits per heavy atom. The molecule has 0 aliphatic rings. The second-order valence-electron chi connectivity index (χ2n) is 4.94. The number of hydrogen-bond donors (Lipinski definition) is 2. The van der Waals surface area contributed by atoms with Crippen LogP contribution < -0.4 is 10.5 Å². The summed E-state index contributed by atoms with van der Waals surface area (Å²) in [4.78, 5) is 12.2. The topological polar surface area (TPSA) is 89.3 Å². The summed E-state index contributed by atoms with van der Waals surface area (Å²) in [5, 5.41) is 7.77. The van der Waals surface area contributed by atoms with E-state index in [-0.39, 0.29) is 11.7 Å². The van der Waals surface area contributed by atoms with Gasteiger partial charge in [-0.1, -0.05) is 25.1 Å². The monoisotopic (exact) mass is 296 g/mol. The van der Waals surface area contributed by atoms with Crippen molar-refractivity contribution < 1.29 is 13.2 Å². The van der Waals surface area contributed by atoms with E-state index in [0.717, 1.165) is 0 Å². The number of primary sulfonamides is 1. The molecule has 0 aliphatic carbocycles. The lowest BCUT2D eigenvalue weighted by Crippen LogP contribution is -2.31. The van der Waals surface area contributed by atoms with E-state index in [1.54, 1.807) is 37.3 Å². The molecule has 0 unspecified atom stereocenters. The first-order valence-electron chi connectivity index (χ1n) is 6.24. The minimum Gasteiger partial charge on any atom is -0.325 e. The Labute approximate surface area is 119 Å². The first kappa shape index (κ1) is 16.4. The van der Waals surface area contributed by atoms with Gasteiger partial charge in [-0.15, -0.1) is 6.58 Å². The molecule has 1 amide bonds. The van der Waals surface area contributed by atoms with Crippen LogP contribution in [0.4, 0.5) is 5.69 Å². The van der Waals surface area contributed by atoms with Crippen LogP contribution in [0.2, 0.25) is 0 Å². The van der Waals surface area contributed by atoms with Gasteiger partial charge in [0.1, 0.15) is 0 Å². The summed E-state index contributed by atoms with van der Waals surface area (Å²) >= 11 is 0. The molecule has 1 atom stereocenters. The fourth-order valence-corrected chi connectivity index (χ4v) is 2.29. The average molecular weight is 296 g/mol. The number of anilines is 1. The molecule has 0 heterocycles. The lowest BCUT2D eigenvalue weighted by Gasteiger charge is -2.22. The van der Waals surface area contributed by atoms with E-state index >= 15 is 0 Å². The fraction of sp³-hybridized carbons (Fsp3) is 0.357. The normalized spacial score (nSPS) is 14.3. The Hall–Kier alpha value is -1.66. The molecule has 0 aromatic heterocycles. The summed E-state index contributed by atoms with van der Waals surface area (Å²) in [7, 11) is -3.59. The van der Waals surface area contributed by atoms with Gasteiger partial charge in [-0.2, -0.15) is 0 Å². The van der Waals surface area contributed by atoms with Crippen molar-refractivity contribution in [1.29, 1.82) is 0 Å². The van der Waals surface area contributed by atoms with Crippen LogP contribution in [-0.2, 0) is 20.6 Å². The van der Waals surface area contributed by atoms with Crippen molar-refractivity contribution in [3.05, 3.63) is 42.5 Å². The van der Waals surface area contributed by atoms with Crippen molar-refractivity contribution in [2.45, 2.75) is 26.0 Å². The summed E-state index contributed by atoms with van der Waals surface area (Å²) in [6.07, 6.45) is 2.23. The van der Waals surface area contributed by atoms with Crippen molar-refractivity contribution in [2.75, 3.05) is 5.32 Å². The fourth-order valence-electron chi connectivity index (χ4n) is 1.64. The number of rotatable bonds is 6. The Balaban J connectivity index is 2.92. The van der Waals surface area contributed by atoms with Gasteiger partial charge in [-0.25, -0.2) is 13.6 Å². The highest BCUT2D eigenvalue weighted by Gasteiger charge is 2.27. The van der Waals surface area contributed by atoms with Crippen molar-refractivity contribution in [1.82, 2.24) is 0 Å². The number of carbonyl (C=O) groups excluding carboxylic acids is 1. The third-order valence-corrected chi connectivity index (χ3v) is 3.99. The van der Waals surface area contributed by atoms with Crippen molar-refractivity contribution in [2.24, 2.45) is 10.6 Å². The van der Waals surface area contributed by atoms with Crippen LogP contribution >= 0.6 is 0 Å². The SMILES string of the molecule is C=C[C@](C)(CC)C(=O)Nc1cccc(CS(N)(=O)=O)c1. The Bertz CT molecular complexity index is 611. The number of nitrogens with one attached hydrogen (secondary N) is 1. The second-order valence-corrected chi connectivity index (χ2v) is 6.55. The quantitative estimate of drug-likeness (QED) is 0.787. The zero-order valence-electron chi connectivity index (χ0n) is 11.7. The number of hydrogen-bond acceptors (Lipinski definition) is 3. The van der Waals surface area contributed by atoms with E-state index < -0.39 is 15.4 Å². The average Bonchev–Trinajstić information content (AvgIpc) is 2.36. The molecule has 3 N–H and O–H groups in total. The molecular weight excluding hydrogens is 276 g/mol. The Morgan fingerprint density at radius 1 is 1.50 bits per heavy atom. The third kappa shape index (κ3) is 4.47. The molecule has 110 valence electrons. The van der Waals surface area contributed by atoms with Gasteiger partial charge < -0.3 is 5.32 Å². The predicted molar refractivity (Wildman–Crippen MR) is 80.5 cm³/mol. The van der Waals surface area contributed by atoms with Gasteiger partial charge in [0.15, 0.2) is 0 Å². The summed E-state index contributed by atoms with van der Waals surface area (Å²) in [5.41, 5.74) is 0.412. The van der Waals surface area contributed by atoms with Gasteiger partial charge >= 0.3 is 0 Å². The van der Waals surface area contributed by atoms with Crippen molar-refractivity contribution >= 4 is 21.6 Å². The van der Waals surface area contributed by atoms with Gasteiger partial charge in [0.05, 0.1) is 11.2 Å². The molecule has 20 heavy (non-hydrogen) atoms. The van der Waals surface area contributed by atoms with E-state index in [4.69, 9.17) is 5.14 Å². The van der Waals surface area contributed by atoms with Crippen LogP contribution in [0.1, 0.15) is 25.8 Å². The maximum Gasteiger partial charge on any atom is 0.234 e. The smallest absolute Gasteiger partial charge is 0.234 e. The zero-order valence-corrected chi connectivity index (χ0v) is 12.5. The Kier molecular flexibility index (Phi) is 5.08. The molecule has 6 heteroatoms. The molecular formula is C14H20N2O3S. The molecule has 1 aromatic carbocycles. The van der Waals surface area contributed by atoms with Crippen LogP contribution in [-0.4, -0.2) is 14.3 Å². The number of sulfonamides is 1. The van der Waals surface area contributed by atoms with Gasteiger partial charge in [0.25, 0.3) is 0 Å². The highest BCUT2D eigenvalue weighted by molar-refractivity contribution is 7.88. The maximum absolute atomic E-state index is 12.2. The van der Waals surface area contributed by atoms with Gasteiger partial charge in [0.2, 0.25) is 15.9 Å². The first-order chi connectivity index (χ1) is 9.20. The van der Waals surface area contributed by atoms with E-state index in [9.17, 15) is 13.2 Å². The third-order valence-electron chi connectivity index (χ3n) is 3.26. The van der Waals surface area contributed by atoms with Crippen molar-refractivity contribution in [3.8, 4) is 0 Å². The zero-order chi connectivity index (χ0) is 15.4. The standard InChI is InChI=1S/C14H20N2O3S/c1-4-14(3,5-2)13(17)16-12-8-6-7-11(9-12)10-20(15,18)19/h4,6-9H,1,5,10H2,2-3H3,(H,16,17)(H2,15,18,19)/t14-/m1/s1. The molecule has 1 aromatic rings. The molecule has 0 radical (unpaired) electrons. The van der Waals surface area contributed by atoms with Gasteiger partial charge in [-0.3, -0.25) is 4.79 Å². The van der Waals surface area contributed by atoms with E-state index in [0.29, 0.717) is 17.7 Å². The second kappa shape index (κ2) is 6.19. The van der Waals surface area contributed by atoms with E-state index in [1.165, 1.54) is 0 Å². The molecule has 0 saturated carbocycles. The number of amides is 1. The molecule has 0 aliphatic heterocycles. The molecule has 1 rings (SSSR count). The minimum absolute atomic E-state index is 0.178. The highest BCUT2D eigenvalue weighted by atomic mass is 32.2. The van der Waals surface area contributed by atoms with Gasteiger partial charge in [-0.05, 0) is 31.0 Å². The maximum atomic E-state index is 12.2. The predicted octanol–water partition coefficient (Wildman–Crippen LogP) is 2.02. The van der Waals surface area contributed by atoms with E-state index in [1.807, 2.05) is 6.92 Å². The van der Waals surface area contributed by atoms with Crippen LogP contribution in [0.3, 0.4) is 0 Å². The highest BCUT2D eigenvalue weighted by Crippen LogP contribution is 2.25.